The average molecular weight is 278 g/mol. The van der Waals surface area contributed by atoms with E-state index in [2.05, 4.69) is 26.1 Å². The van der Waals surface area contributed by atoms with Crippen molar-refractivity contribution in [1.29, 1.82) is 0 Å². The highest BCUT2D eigenvalue weighted by Gasteiger charge is 2.09. The molecule has 4 nitrogen and oxygen atoms in total. The minimum atomic E-state index is 0.00851. The van der Waals surface area contributed by atoms with Gasteiger partial charge in [-0.3, -0.25) is 4.79 Å². The van der Waals surface area contributed by atoms with Crippen molar-refractivity contribution >= 4 is 17.3 Å². The zero-order valence-corrected chi connectivity index (χ0v) is 12.7. The summed E-state index contributed by atoms with van der Waals surface area (Å²) in [6.07, 6.45) is 2.25. The van der Waals surface area contributed by atoms with Crippen LogP contribution in [0.3, 0.4) is 0 Å². The highest BCUT2D eigenvalue weighted by molar-refractivity contribution is 5.90. The first kappa shape index (κ1) is 16.5. The van der Waals surface area contributed by atoms with Gasteiger partial charge in [0.25, 0.3) is 0 Å². The Kier molecular flexibility index (Phi) is 6.52. The van der Waals surface area contributed by atoms with E-state index in [1.54, 1.807) is 24.3 Å². The Morgan fingerprint density at radius 3 is 2.45 bits per heavy atom. The fraction of sp³-hybridized carbons (Fsp3) is 0.562. The molecule has 1 aromatic rings. The van der Waals surface area contributed by atoms with Crippen LogP contribution in [0, 0.1) is 5.41 Å². The minimum Gasteiger partial charge on any atom is -0.399 e. The maximum absolute atomic E-state index is 11.7. The Morgan fingerprint density at radius 1 is 1.20 bits per heavy atom. The second kappa shape index (κ2) is 7.90. The van der Waals surface area contributed by atoms with Gasteiger partial charge in [-0.15, -0.1) is 0 Å². The predicted molar refractivity (Wildman–Crippen MR) is 83.6 cm³/mol. The van der Waals surface area contributed by atoms with Crippen molar-refractivity contribution in [1.82, 2.24) is 0 Å². The number of nitrogens with one attached hydrogen (secondary N) is 1. The summed E-state index contributed by atoms with van der Waals surface area (Å²) in [6, 6.07) is 7.14. The quantitative estimate of drug-likeness (QED) is 0.593. The van der Waals surface area contributed by atoms with Gasteiger partial charge in [-0.05, 0) is 42.5 Å². The number of hydrogen-bond acceptors (Lipinski definition) is 3. The lowest BCUT2D eigenvalue weighted by Gasteiger charge is -2.17. The maximum atomic E-state index is 11.7. The van der Waals surface area contributed by atoms with Gasteiger partial charge in [-0.1, -0.05) is 20.8 Å². The molecule has 1 rings (SSSR count). The van der Waals surface area contributed by atoms with Crippen molar-refractivity contribution in [2.75, 3.05) is 24.3 Å². The molecule has 0 aliphatic heterocycles. The van der Waals surface area contributed by atoms with Crippen LogP contribution in [0.1, 0.15) is 40.0 Å². The number of hydrogen-bond donors (Lipinski definition) is 2. The topological polar surface area (TPSA) is 64.3 Å². The molecule has 3 N–H and O–H groups in total. The van der Waals surface area contributed by atoms with E-state index in [0.29, 0.717) is 24.1 Å². The van der Waals surface area contributed by atoms with Crippen LogP contribution in [0.2, 0.25) is 0 Å². The molecule has 0 bridgehead atoms. The first-order chi connectivity index (χ1) is 9.37. The number of rotatable bonds is 7. The Morgan fingerprint density at radius 2 is 1.85 bits per heavy atom. The Labute approximate surface area is 121 Å². The Bertz CT molecular complexity index is 407. The van der Waals surface area contributed by atoms with E-state index >= 15 is 0 Å². The van der Waals surface area contributed by atoms with Crippen LogP contribution in [0.15, 0.2) is 24.3 Å². The van der Waals surface area contributed by atoms with Crippen LogP contribution in [0.5, 0.6) is 0 Å². The van der Waals surface area contributed by atoms with Crippen molar-refractivity contribution in [2.45, 2.75) is 40.0 Å². The molecule has 4 heteroatoms. The van der Waals surface area contributed by atoms with Crippen molar-refractivity contribution in [3.8, 4) is 0 Å². The van der Waals surface area contributed by atoms with Gasteiger partial charge in [-0.25, -0.2) is 0 Å². The van der Waals surface area contributed by atoms with Gasteiger partial charge in [0.05, 0.1) is 0 Å². The monoisotopic (exact) mass is 278 g/mol. The summed E-state index contributed by atoms with van der Waals surface area (Å²) in [5, 5.41) is 2.83. The molecule has 0 saturated carbocycles. The summed E-state index contributed by atoms with van der Waals surface area (Å²) < 4.78 is 5.53. The van der Waals surface area contributed by atoms with E-state index in [9.17, 15) is 4.79 Å². The first-order valence-corrected chi connectivity index (χ1v) is 7.10. The van der Waals surface area contributed by atoms with Gasteiger partial charge >= 0.3 is 0 Å². The highest BCUT2D eigenvalue weighted by atomic mass is 16.5. The molecule has 0 heterocycles. The number of amides is 1. The lowest BCUT2D eigenvalue weighted by molar-refractivity contribution is -0.116. The maximum Gasteiger partial charge on any atom is 0.224 e. The second-order valence-electron chi connectivity index (χ2n) is 6.20. The SMILES string of the molecule is CC(C)(C)CCOCCCC(=O)Nc1ccc(N)cc1. The number of nitrogen functional groups attached to an aromatic ring is 1. The lowest BCUT2D eigenvalue weighted by Crippen LogP contribution is -2.13. The molecule has 1 aromatic carbocycles. The van der Waals surface area contributed by atoms with Crippen molar-refractivity contribution < 1.29 is 9.53 Å². The van der Waals surface area contributed by atoms with Gasteiger partial charge in [0.2, 0.25) is 5.91 Å². The summed E-state index contributed by atoms with van der Waals surface area (Å²) in [4.78, 5) is 11.7. The summed E-state index contributed by atoms with van der Waals surface area (Å²) >= 11 is 0. The van der Waals surface area contributed by atoms with Crippen LogP contribution >= 0.6 is 0 Å². The number of benzene rings is 1. The third-order valence-corrected chi connectivity index (χ3v) is 2.88. The van der Waals surface area contributed by atoms with Crippen LogP contribution in [0.4, 0.5) is 11.4 Å². The second-order valence-corrected chi connectivity index (χ2v) is 6.20. The third kappa shape index (κ3) is 7.79. The minimum absolute atomic E-state index is 0.00851. The molecule has 1 amide bonds. The van der Waals surface area contributed by atoms with E-state index in [-0.39, 0.29) is 5.91 Å². The molecular weight excluding hydrogens is 252 g/mol. The van der Waals surface area contributed by atoms with Crippen molar-refractivity contribution in [2.24, 2.45) is 5.41 Å². The number of nitrogens with two attached hydrogens (primary N) is 1. The van der Waals surface area contributed by atoms with Gasteiger partial charge in [0, 0.05) is 31.0 Å². The molecule has 112 valence electrons. The molecular formula is C16H26N2O2. The molecule has 0 radical (unpaired) electrons. The molecule has 20 heavy (non-hydrogen) atoms. The fourth-order valence-electron chi connectivity index (χ4n) is 1.61. The zero-order chi connectivity index (χ0) is 15.0. The third-order valence-electron chi connectivity index (χ3n) is 2.88. The largest absolute Gasteiger partial charge is 0.399 e. The van der Waals surface area contributed by atoms with E-state index in [4.69, 9.17) is 10.5 Å². The standard InChI is InChI=1S/C16H26N2O2/c1-16(2,3)10-12-20-11-4-5-15(19)18-14-8-6-13(17)7-9-14/h6-9H,4-5,10-12,17H2,1-3H3,(H,18,19). The first-order valence-electron chi connectivity index (χ1n) is 7.10. The van der Waals surface area contributed by atoms with Crippen molar-refractivity contribution in [3.63, 3.8) is 0 Å². The molecule has 0 unspecified atom stereocenters. The van der Waals surface area contributed by atoms with E-state index < -0.39 is 0 Å². The molecule has 0 aliphatic carbocycles. The van der Waals surface area contributed by atoms with Gasteiger partial charge in [-0.2, -0.15) is 0 Å². The number of anilines is 2. The van der Waals surface area contributed by atoms with Gasteiger partial charge in [0.15, 0.2) is 0 Å². The van der Waals surface area contributed by atoms with Crippen LogP contribution in [0.25, 0.3) is 0 Å². The van der Waals surface area contributed by atoms with E-state index in [1.165, 1.54) is 0 Å². The Hall–Kier alpha value is -1.55. The average Bonchev–Trinajstić information content (AvgIpc) is 2.35. The lowest BCUT2D eigenvalue weighted by atomic mass is 9.93. The van der Waals surface area contributed by atoms with Crippen LogP contribution in [-0.2, 0) is 9.53 Å². The number of ether oxygens (including phenoxy) is 1. The number of carbonyl (C=O) groups is 1. The normalized spacial score (nSPS) is 11.3. The predicted octanol–water partition coefficient (Wildman–Crippen LogP) is 3.44. The molecule has 0 aromatic heterocycles. The van der Waals surface area contributed by atoms with Gasteiger partial charge in [0.1, 0.15) is 0 Å². The zero-order valence-electron chi connectivity index (χ0n) is 12.7. The van der Waals surface area contributed by atoms with E-state index in [0.717, 1.165) is 25.1 Å². The molecule has 0 atom stereocenters. The van der Waals surface area contributed by atoms with Crippen LogP contribution in [-0.4, -0.2) is 19.1 Å². The smallest absolute Gasteiger partial charge is 0.224 e. The fourth-order valence-corrected chi connectivity index (χ4v) is 1.61. The molecule has 0 fully saturated rings. The summed E-state index contributed by atoms with van der Waals surface area (Å²) in [5.41, 5.74) is 7.35. The number of carbonyl (C=O) groups excluding carboxylic acids is 1. The Balaban J connectivity index is 2.10. The highest BCUT2D eigenvalue weighted by Crippen LogP contribution is 2.18. The molecule has 0 saturated heterocycles. The van der Waals surface area contributed by atoms with Crippen LogP contribution < -0.4 is 11.1 Å². The molecule has 0 aliphatic rings. The molecule has 0 spiro atoms. The summed E-state index contributed by atoms with van der Waals surface area (Å²) in [7, 11) is 0. The van der Waals surface area contributed by atoms with E-state index in [1.807, 2.05) is 0 Å². The summed E-state index contributed by atoms with van der Waals surface area (Å²) in [5.74, 6) is 0.00851. The summed E-state index contributed by atoms with van der Waals surface area (Å²) in [6.45, 7) is 7.96. The van der Waals surface area contributed by atoms with Crippen molar-refractivity contribution in [3.05, 3.63) is 24.3 Å². The van der Waals surface area contributed by atoms with Gasteiger partial charge < -0.3 is 15.8 Å².